The van der Waals surface area contributed by atoms with Gasteiger partial charge in [-0.3, -0.25) is 4.98 Å². The largest absolute Gasteiger partial charge is 0.456 e. The zero-order valence-electron chi connectivity index (χ0n) is 16.9. The van der Waals surface area contributed by atoms with Gasteiger partial charge >= 0.3 is 0 Å². The van der Waals surface area contributed by atoms with Gasteiger partial charge in [-0.15, -0.1) is 0 Å². The molecule has 0 spiro atoms. The fraction of sp³-hybridized carbons (Fsp3) is 0. The molecule has 1 aromatic heterocycles. The van der Waals surface area contributed by atoms with Crippen LogP contribution in [0.1, 0.15) is 0 Å². The van der Waals surface area contributed by atoms with Crippen molar-refractivity contribution < 1.29 is 14.0 Å². The lowest BCUT2D eigenvalue weighted by molar-refractivity contribution is 0.462. The number of fused-ring (bicyclic) bond motifs is 5. The summed E-state index contributed by atoms with van der Waals surface area (Å²) in [5.74, 6) is 2.41. The van der Waals surface area contributed by atoms with Gasteiger partial charge < -0.3 is 14.0 Å². The van der Waals surface area contributed by atoms with Gasteiger partial charge in [0.2, 0.25) is 0 Å². The molecule has 4 nitrogen and oxygen atoms in total. The molecule has 0 amide bonds. The second-order valence-corrected chi connectivity index (χ2v) is 10.6. The zero-order chi connectivity index (χ0) is 21.3. The lowest BCUT2D eigenvalue weighted by atomic mass is 10.0. The van der Waals surface area contributed by atoms with Crippen LogP contribution in [-0.2, 0) is 4.57 Å². The molecule has 2 aliphatic rings. The Morgan fingerprint density at radius 1 is 0.656 bits per heavy atom. The third-order valence-electron chi connectivity index (χ3n) is 6.16. The summed E-state index contributed by atoms with van der Waals surface area (Å²) in [5, 5.41) is 3.10. The van der Waals surface area contributed by atoms with Crippen molar-refractivity contribution in [3.63, 3.8) is 0 Å². The number of rotatable bonds is 1. The summed E-state index contributed by atoms with van der Waals surface area (Å²) in [6, 6.07) is 29.1. The van der Waals surface area contributed by atoms with E-state index >= 15 is 0 Å². The Kier molecular flexibility index (Phi) is 3.51. The van der Waals surface area contributed by atoms with E-state index in [1.807, 2.05) is 84.9 Å². The molecule has 0 saturated heterocycles. The second-order valence-electron chi connectivity index (χ2n) is 7.95. The molecule has 0 unspecified atom stereocenters. The average molecular weight is 433 g/mol. The Balaban J connectivity index is 1.56. The Hall–Kier alpha value is -3.88. The van der Waals surface area contributed by atoms with Crippen LogP contribution in [0, 0.1) is 0 Å². The van der Waals surface area contributed by atoms with Crippen LogP contribution in [0.5, 0.6) is 23.0 Å². The van der Waals surface area contributed by atoms with E-state index in [2.05, 4.69) is 11.1 Å². The monoisotopic (exact) mass is 433 g/mol. The van der Waals surface area contributed by atoms with Crippen LogP contribution < -0.4 is 25.4 Å². The van der Waals surface area contributed by atoms with Gasteiger partial charge in [0.15, 0.2) is 7.14 Å². The Labute approximate surface area is 184 Å². The lowest BCUT2D eigenvalue weighted by Crippen LogP contribution is -2.35. The molecule has 0 atom stereocenters. The maximum Gasteiger partial charge on any atom is 0.185 e. The topological polar surface area (TPSA) is 48.4 Å². The van der Waals surface area contributed by atoms with Gasteiger partial charge in [0.1, 0.15) is 28.3 Å². The number of hydrogen-bond acceptors (Lipinski definition) is 4. The molecule has 0 aliphatic carbocycles. The second kappa shape index (κ2) is 6.32. The van der Waals surface area contributed by atoms with Gasteiger partial charge in [0.05, 0.1) is 16.1 Å². The molecule has 0 fully saturated rings. The van der Waals surface area contributed by atoms with E-state index in [9.17, 15) is 4.57 Å². The van der Waals surface area contributed by atoms with Gasteiger partial charge in [0.25, 0.3) is 0 Å². The Bertz CT molecular complexity index is 1550. The minimum atomic E-state index is -3.14. The summed E-state index contributed by atoms with van der Waals surface area (Å²) < 4.78 is 27.5. The van der Waals surface area contributed by atoms with Crippen molar-refractivity contribution in [2.45, 2.75) is 0 Å². The summed E-state index contributed by atoms with van der Waals surface area (Å²) >= 11 is 0. The summed E-state index contributed by atoms with van der Waals surface area (Å²) in [6.07, 6.45) is 1.81. The number of aromatic nitrogens is 1. The van der Waals surface area contributed by atoms with Crippen molar-refractivity contribution >= 4 is 34.0 Å². The number of ether oxygens (including phenoxy) is 2. The van der Waals surface area contributed by atoms with Gasteiger partial charge in [-0.2, -0.15) is 0 Å². The summed E-state index contributed by atoms with van der Waals surface area (Å²) in [6.45, 7) is 0. The Morgan fingerprint density at radius 3 is 1.94 bits per heavy atom. The van der Waals surface area contributed by atoms with E-state index in [-0.39, 0.29) is 0 Å². The predicted molar refractivity (Wildman–Crippen MR) is 127 cm³/mol. The number of hydrogen-bond donors (Lipinski definition) is 0. The van der Waals surface area contributed by atoms with E-state index in [0.29, 0.717) is 38.9 Å². The first kappa shape index (κ1) is 17.8. The van der Waals surface area contributed by atoms with Gasteiger partial charge in [0, 0.05) is 11.6 Å². The first-order valence-corrected chi connectivity index (χ1v) is 12.1. The van der Waals surface area contributed by atoms with E-state index in [1.165, 1.54) is 0 Å². The minimum Gasteiger partial charge on any atom is -0.456 e. The van der Waals surface area contributed by atoms with Gasteiger partial charge in [-0.25, -0.2) is 0 Å². The highest BCUT2D eigenvalue weighted by molar-refractivity contribution is 7.86. The molecule has 0 saturated carbocycles. The summed E-state index contributed by atoms with van der Waals surface area (Å²) in [5.41, 5.74) is 2.87. The van der Waals surface area contributed by atoms with Crippen LogP contribution in [0.4, 0.5) is 0 Å². The number of nitrogens with zero attached hydrogens (tertiary/aromatic N) is 1. The number of benzene rings is 4. The molecular formula is C27H16NO3P. The highest BCUT2D eigenvalue weighted by Gasteiger charge is 2.46. The van der Waals surface area contributed by atoms with Crippen LogP contribution in [0.15, 0.2) is 97.2 Å². The maximum atomic E-state index is 14.8. The van der Waals surface area contributed by atoms with E-state index in [0.717, 1.165) is 22.0 Å². The molecular weight excluding hydrogens is 417 g/mol. The normalized spacial score (nSPS) is 14.5. The first-order chi connectivity index (χ1) is 15.7. The van der Waals surface area contributed by atoms with Crippen LogP contribution in [0.3, 0.4) is 0 Å². The molecule has 0 radical (unpaired) electrons. The van der Waals surface area contributed by atoms with Crippen molar-refractivity contribution in [2.24, 2.45) is 0 Å². The van der Waals surface area contributed by atoms with E-state index in [4.69, 9.17) is 9.47 Å². The van der Waals surface area contributed by atoms with Crippen LogP contribution >= 0.6 is 7.14 Å². The van der Waals surface area contributed by atoms with Crippen molar-refractivity contribution in [2.75, 3.05) is 0 Å². The highest BCUT2D eigenvalue weighted by atomic mass is 31.2. The maximum absolute atomic E-state index is 14.8. The third-order valence-corrected chi connectivity index (χ3v) is 9.33. The van der Waals surface area contributed by atoms with E-state index < -0.39 is 7.14 Å². The lowest BCUT2D eigenvalue weighted by Gasteiger charge is -2.34. The molecule has 32 heavy (non-hydrogen) atoms. The fourth-order valence-electron chi connectivity index (χ4n) is 4.77. The fourth-order valence-corrected chi connectivity index (χ4v) is 7.80. The Morgan fingerprint density at radius 2 is 1.25 bits per heavy atom. The van der Waals surface area contributed by atoms with E-state index in [1.54, 1.807) is 6.20 Å². The van der Waals surface area contributed by atoms with Crippen molar-refractivity contribution in [3.05, 3.63) is 97.2 Å². The van der Waals surface area contributed by atoms with Crippen molar-refractivity contribution in [3.8, 4) is 34.1 Å². The third kappa shape index (κ3) is 2.27. The number of para-hydroxylation sites is 3. The van der Waals surface area contributed by atoms with Gasteiger partial charge in [-0.05, 0) is 59.7 Å². The van der Waals surface area contributed by atoms with Crippen molar-refractivity contribution in [1.82, 2.24) is 4.98 Å². The van der Waals surface area contributed by atoms with Crippen LogP contribution in [0.25, 0.3) is 22.0 Å². The molecule has 3 heterocycles. The predicted octanol–water partition coefficient (Wildman–Crippen LogP) is 5.75. The zero-order valence-corrected chi connectivity index (χ0v) is 17.8. The molecule has 5 aromatic rings. The molecule has 7 rings (SSSR count). The first-order valence-electron chi connectivity index (χ1n) is 10.4. The molecule has 4 aromatic carbocycles. The van der Waals surface area contributed by atoms with Crippen LogP contribution in [0.2, 0.25) is 0 Å². The standard InChI is InChI=1S/C27H16NO3P/c29-32-25-11-5-3-9-21(25)30-23-15-17(18-13-14-28-20-8-2-1-7-19(18)20)16-24(27(23)32)31-22-10-4-6-12-26(22)32/h1-16H. The van der Waals surface area contributed by atoms with Crippen molar-refractivity contribution in [1.29, 1.82) is 0 Å². The molecule has 152 valence electrons. The minimum absolute atomic E-state index is 0.579. The average Bonchev–Trinajstić information content (AvgIpc) is 2.83. The quantitative estimate of drug-likeness (QED) is 0.309. The molecule has 5 heteroatoms. The van der Waals surface area contributed by atoms with Crippen LogP contribution in [-0.4, -0.2) is 4.98 Å². The molecule has 2 aliphatic heterocycles. The smallest absolute Gasteiger partial charge is 0.185 e. The number of pyridine rings is 1. The SMILES string of the molecule is O=P12c3ccccc3Oc3cc(-c4ccnc5ccccc45)cc(c31)Oc1ccccc12. The molecule has 0 N–H and O–H groups in total. The molecule has 0 bridgehead atoms. The highest BCUT2D eigenvalue weighted by Crippen LogP contribution is 2.58. The summed E-state index contributed by atoms with van der Waals surface area (Å²) in [4.78, 5) is 4.48. The van der Waals surface area contributed by atoms with Gasteiger partial charge in [-0.1, -0.05) is 42.5 Å². The summed E-state index contributed by atoms with van der Waals surface area (Å²) in [7, 11) is -3.14.